The number of nitrogens with one attached hydrogen (secondary N) is 1. The quantitative estimate of drug-likeness (QED) is 0.785. The van der Waals surface area contributed by atoms with Crippen LogP contribution in [0, 0.1) is 3.57 Å². The zero-order valence-electron chi connectivity index (χ0n) is 11.2. The van der Waals surface area contributed by atoms with Gasteiger partial charge < -0.3 is 5.32 Å². The first kappa shape index (κ1) is 14.7. The van der Waals surface area contributed by atoms with Crippen molar-refractivity contribution in [1.82, 2.24) is 9.78 Å². The van der Waals surface area contributed by atoms with E-state index in [0.29, 0.717) is 5.92 Å². The predicted octanol–water partition coefficient (Wildman–Crippen LogP) is 4.41. The van der Waals surface area contributed by atoms with Crippen LogP contribution < -0.4 is 5.32 Å². The van der Waals surface area contributed by atoms with E-state index in [-0.39, 0.29) is 0 Å². The molecule has 0 unspecified atom stereocenters. The minimum Gasteiger partial charge on any atom is -0.380 e. The lowest BCUT2D eigenvalue weighted by molar-refractivity contribution is 0.712. The van der Waals surface area contributed by atoms with E-state index < -0.39 is 0 Å². The number of hydrogen-bond donors (Lipinski definition) is 1. The van der Waals surface area contributed by atoms with E-state index in [1.807, 2.05) is 29.9 Å². The summed E-state index contributed by atoms with van der Waals surface area (Å²) in [5.41, 5.74) is 3.31. The van der Waals surface area contributed by atoms with Crippen LogP contribution in [0.2, 0.25) is 5.02 Å². The molecule has 0 saturated carbocycles. The van der Waals surface area contributed by atoms with Crippen molar-refractivity contribution in [1.29, 1.82) is 0 Å². The van der Waals surface area contributed by atoms with Crippen LogP contribution in [0.15, 0.2) is 24.4 Å². The molecule has 0 aliphatic heterocycles. The highest BCUT2D eigenvalue weighted by atomic mass is 127. The Morgan fingerprint density at radius 1 is 1.42 bits per heavy atom. The highest BCUT2D eigenvalue weighted by Gasteiger charge is 2.11. The number of hydrogen-bond acceptors (Lipinski definition) is 2. The topological polar surface area (TPSA) is 29.9 Å². The summed E-state index contributed by atoms with van der Waals surface area (Å²) in [7, 11) is 1.95. The van der Waals surface area contributed by atoms with Crippen LogP contribution in [0.1, 0.15) is 31.0 Å². The molecule has 0 fully saturated rings. The molecule has 0 radical (unpaired) electrons. The maximum Gasteiger partial charge on any atom is 0.0699 e. The van der Waals surface area contributed by atoms with Gasteiger partial charge in [0.1, 0.15) is 0 Å². The third-order valence-corrected chi connectivity index (χ3v) is 3.87. The van der Waals surface area contributed by atoms with Gasteiger partial charge in [0.05, 0.1) is 16.4 Å². The van der Waals surface area contributed by atoms with Crippen molar-refractivity contribution in [3.8, 4) is 0 Å². The Kier molecular flexibility index (Phi) is 4.73. The summed E-state index contributed by atoms with van der Waals surface area (Å²) in [5, 5.41) is 8.63. The lowest BCUT2D eigenvalue weighted by Crippen LogP contribution is -2.03. The molecule has 0 aliphatic rings. The molecule has 0 saturated heterocycles. The first-order valence-corrected chi connectivity index (χ1v) is 7.64. The number of aromatic nitrogens is 2. The first-order valence-electron chi connectivity index (χ1n) is 6.18. The van der Waals surface area contributed by atoms with Crippen LogP contribution in [0.5, 0.6) is 0 Å². The smallest absolute Gasteiger partial charge is 0.0699 e. The molecule has 0 atom stereocenters. The number of benzene rings is 1. The van der Waals surface area contributed by atoms with Gasteiger partial charge in [-0.1, -0.05) is 25.4 Å². The summed E-state index contributed by atoms with van der Waals surface area (Å²) in [4.78, 5) is 0. The van der Waals surface area contributed by atoms with Gasteiger partial charge in [0.15, 0.2) is 0 Å². The molecule has 102 valence electrons. The monoisotopic (exact) mass is 389 g/mol. The van der Waals surface area contributed by atoms with Crippen molar-refractivity contribution in [3.63, 3.8) is 0 Å². The number of aryl methyl sites for hydroxylation is 1. The van der Waals surface area contributed by atoms with Crippen molar-refractivity contribution in [3.05, 3.63) is 44.2 Å². The molecular weight excluding hydrogens is 373 g/mol. The number of anilines is 1. The van der Waals surface area contributed by atoms with Gasteiger partial charge in [0.25, 0.3) is 0 Å². The number of halogens is 2. The number of rotatable bonds is 4. The zero-order chi connectivity index (χ0) is 14.0. The minimum absolute atomic E-state index is 0.421. The summed E-state index contributed by atoms with van der Waals surface area (Å²) in [6.45, 7) is 5.05. The summed E-state index contributed by atoms with van der Waals surface area (Å²) in [6.07, 6.45) is 2.06. The van der Waals surface area contributed by atoms with E-state index in [0.717, 1.165) is 26.5 Å². The van der Waals surface area contributed by atoms with Crippen molar-refractivity contribution < 1.29 is 0 Å². The van der Waals surface area contributed by atoms with Crippen LogP contribution >= 0.6 is 34.2 Å². The SMILES string of the molecule is CC(C)c1nn(C)cc1CNc1ccc(I)cc1Cl. The Morgan fingerprint density at radius 3 is 2.79 bits per heavy atom. The molecule has 1 aromatic carbocycles. The average molecular weight is 390 g/mol. The van der Waals surface area contributed by atoms with Crippen molar-refractivity contribution >= 4 is 39.9 Å². The van der Waals surface area contributed by atoms with Crippen molar-refractivity contribution in [2.75, 3.05) is 5.32 Å². The third-order valence-electron chi connectivity index (χ3n) is 2.88. The van der Waals surface area contributed by atoms with Gasteiger partial charge in [-0.3, -0.25) is 4.68 Å². The van der Waals surface area contributed by atoms with E-state index in [2.05, 4.69) is 53.1 Å². The normalized spacial score (nSPS) is 11.1. The highest BCUT2D eigenvalue weighted by Crippen LogP contribution is 2.25. The van der Waals surface area contributed by atoms with Gasteiger partial charge in [-0.05, 0) is 46.7 Å². The fourth-order valence-corrected chi connectivity index (χ4v) is 2.92. The van der Waals surface area contributed by atoms with E-state index in [9.17, 15) is 0 Å². The Morgan fingerprint density at radius 2 is 2.16 bits per heavy atom. The minimum atomic E-state index is 0.421. The van der Waals surface area contributed by atoms with Gasteiger partial charge in [-0.25, -0.2) is 0 Å². The second kappa shape index (κ2) is 6.13. The number of nitrogens with zero attached hydrogens (tertiary/aromatic N) is 2. The fourth-order valence-electron chi connectivity index (χ4n) is 2.00. The molecule has 0 spiro atoms. The van der Waals surface area contributed by atoms with Gasteiger partial charge in [0.2, 0.25) is 0 Å². The van der Waals surface area contributed by atoms with Crippen LogP contribution in [0.25, 0.3) is 0 Å². The van der Waals surface area contributed by atoms with Crippen molar-refractivity contribution in [2.45, 2.75) is 26.3 Å². The lowest BCUT2D eigenvalue weighted by atomic mass is 10.1. The molecule has 5 heteroatoms. The molecule has 0 aliphatic carbocycles. The van der Waals surface area contributed by atoms with E-state index >= 15 is 0 Å². The zero-order valence-corrected chi connectivity index (χ0v) is 14.2. The molecule has 0 amide bonds. The van der Waals surface area contributed by atoms with E-state index in [4.69, 9.17) is 11.6 Å². The maximum atomic E-state index is 6.22. The molecule has 3 nitrogen and oxygen atoms in total. The Hall–Kier alpha value is -0.750. The van der Waals surface area contributed by atoms with Crippen LogP contribution in [0.4, 0.5) is 5.69 Å². The molecular formula is C14H17ClIN3. The van der Waals surface area contributed by atoms with E-state index in [1.165, 1.54) is 5.56 Å². The van der Waals surface area contributed by atoms with Gasteiger partial charge in [0, 0.05) is 28.9 Å². The predicted molar refractivity (Wildman–Crippen MR) is 88.8 cm³/mol. The lowest BCUT2D eigenvalue weighted by Gasteiger charge is -2.10. The highest BCUT2D eigenvalue weighted by molar-refractivity contribution is 14.1. The molecule has 2 aromatic rings. The molecule has 1 aromatic heterocycles. The Balaban J connectivity index is 2.14. The second-order valence-corrected chi connectivity index (χ2v) is 6.50. The first-order chi connectivity index (χ1) is 8.97. The van der Waals surface area contributed by atoms with Crippen LogP contribution in [-0.4, -0.2) is 9.78 Å². The summed E-state index contributed by atoms with van der Waals surface area (Å²) in [5.74, 6) is 0.421. The summed E-state index contributed by atoms with van der Waals surface area (Å²) >= 11 is 8.47. The molecule has 2 rings (SSSR count). The van der Waals surface area contributed by atoms with Crippen molar-refractivity contribution in [2.24, 2.45) is 7.05 Å². The van der Waals surface area contributed by atoms with Gasteiger partial charge in [-0.15, -0.1) is 0 Å². The Bertz CT molecular complexity index is 578. The largest absolute Gasteiger partial charge is 0.380 e. The van der Waals surface area contributed by atoms with Crippen LogP contribution in [-0.2, 0) is 13.6 Å². The average Bonchev–Trinajstić information content (AvgIpc) is 2.69. The van der Waals surface area contributed by atoms with Crippen LogP contribution in [0.3, 0.4) is 0 Å². The third kappa shape index (κ3) is 3.63. The molecule has 1 heterocycles. The summed E-state index contributed by atoms with van der Waals surface area (Å²) < 4.78 is 3.00. The molecule has 0 bridgehead atoms. The van der Waals surface area contributed by atoms with E-state index in [1.54, 1.807) is 0 Å². The van der Waals surface area contributed by atoms with Gasteiger partial charge >= 0.3 is 0 Å². The standard InChI is InChI=1S/C14H17ClIN3/c1-9(2)14-10(8-19(3)18-14)7-17-13-5-4-11(16)6-12(13)15/h4-6,8-9,17H,7H2,1-3H3. The molecule has 1 N–H and O–H groups in total. The molecule has 19 heavy (non-hydrogen) atoms. The maximum absolute atomic E-state index is 6.22. The summed E-state index contributed by atoms with van der Waals surface area (Å²) in [6, 6.07) is 6.01. The Labute approximate surface area is 132 Å². The fraction of sp³-hybridized carbons (Fsp3) is 0.357. The van der Waals surface area contributed by atoms with Gasteiger partial charge in [-0.2, -0.15) is 5.10 Å². The second-order valence-electron chi connectivity index (χ2n) is 4.85.